The van der Waals surface area contributed by atoms with E-state index in [4.69, 9.17) is 0 Å². The molecule has 2 aliphatic heterocycles. The molecule has 2 fully saturated rings. The first kappa shape index (κ1) is 13.7. The van der Waals surface area contributed by atoms with Crippen LogP contribution in [0.15, 0.2) is 0 Å². The highest BCUT2D eigenvalue weighted by Gasteiger charge is 2.36. The number of amides is 1. The van der Waals surface area contributed by atoms with Crippen molar-refractivity contribution in [2.24, 2.45) is 0 Å². The third-order valence-electron chi connectivity index (χ3n) is 3.73. The number of rotatable bonds is 3. The van der Waals surface area contributed by atoms with Crippen molar-refractivity contribution in [3.05, 3.63) is 0 Å². The average molecular weight is 272 g/mol. The van der Waals surface area contributed by atoms with Crippen molar-refractivity contribution in [3.8, 4) is 0 Å². The minimum Gasteiger partial charge on any atom is -0.480 e. The number of thioether (sulfide) groups is 1. The maximum Gasteiger partial charge on any atom is 0.321 e. The Bertz CT molecular complexity index is 331. The summed E-state index contributed by atoms with van der Waals surface area (Å²) in [5, 5.41) is 9.22. The fourth-order valence-corrected chi connectivity index (χ4v) is 3.70. The molecule has 5 nitrogen and oxygen atoms in total. The normalized spacial score (nSPS) is 27.2. The minimum atomic E-state index is -0.816. The van der Waals surface area contributed by atoms with Crippen molar-refractivity contribution in [1.82, 2.24) is 9.80 Å². The van der Waals surface area contributed by atoms with Gasteiger partial charge in [-0.3, -0.25) is 14.5 Å². The van der Waals surface area contributed by atoms with Gasteiger partial charge in [-0.25, -0.2) is 0 Å². The number of carboxylic acid groups (broad SMARTS) is 1. The van der Waals surface area contributed by atoms with E-state index in [9.17, 15) is 14.7 Å². The van der Waals surface area contributed by atoms with Crippen LogP contribution in [0.25, 0.3) is 0 Å². The third-order valence-corrected chi connectivity index (χ3v) is 4.75. The van der Waals surface area contributed by atoms with Crippen LogP contribution in [-0.2, 0) is 9.59 Å². The van der Waals surface area contributed by atoms with E-state index >= 15 is 0 Å². The Morgan fingerprint density at radius 3 is 2.56 bits per heavy atom. The molecule has 0 aromatic carbocycles. The van der Waals surface area contributed by atoms with E-state index in [-0.39, 0.29) is 11.9 Å². The Hall–Kier alpha value is -0.750. The number of aliphatic carboxylic acids is 1. The zero-order valence-corrected chi connectivity index (χ0v) is 11.5. The van der Waals surface area contributed by atoms with Crippen LogP contribution < -0.4 is 0 Å². The predicted molar refractivity (Wildman–Crippen MR) is 70.7 cm³/mol. The molecule has 2 heterocycles. The van der Waals surface area contributed by atoms with Gasteiger partial charge in [0.25, 0.3) is 0 Å². The Kier molecular flexibility index (Phi) is 4.50. The summed E-state index contributed by atoms with van der Waals surface area (Å²) in [4.78, 5) is 27.2. The van der Waals surface area contributed by atoms with Crippen LogP contribution >= 0.6 is 11.8 Å². The summed E-state index contributed by atoms with van der Waals surface area (Å²) in [5.74, 6) is 0.753. The van der Waals surface area contributed by atoms with Gasteiger partial charge in [0.1, 0.15) is 6.04 Å². The summed E-state index contributed by atoms with van der Waals surface area (Å²) in [7, 11) is 0. The van der Waals surface area contributed by atoms with Crippen molar-refractivity contribution in [3.63, 3.8) is 0 Å². The summed E-state index contributed by atoms with van der Waals surface area (Å²) in [5.41, 5.74) is 0. The summed E-state index contributed by atoms with van der Waals surface area (Å²) >= 11 is 1.65. The number of hydrogen-bond acceptors (Lipinski definition) is 4. The lowest BCUT2D eigenvalue weighted by Crippen LogP contribution is -2.56. The number of nitrogens with zero attached hydrogens (tertiary/aromatic N) is 2. The maximum absolute atomic E-state index is 12.3. The summed E-state index contributed by atoms with van der Waals surface area (Å²) < 4.78 is 0. The van der Waals surface area contributed by atoms with E-state index in [0.717, 1.165) is 31.7 Å². The molecule has 1 amide bonds. The molecule has 0 aromatic heterocycles. The zero-order chi connectivity index (χ0) is 13.1. The Balaban J connectivity index is 2.03. The zero-order valence-electron chi connectivity index (χ0n) is 10.7. The van der Waals surface area contributed by atoms with Crippen LogP contribution in [0.2, 0.25) is 0 Å². The van der Waals surface area contributed by atoms with E-state index in [1.54, 1.807) is 11.8 Å². The second-order valence-corrected chi connectivity index (χ2v) is 6.02. The van der Waals surface area contributed by atoms with Crippen LogP contribution in [0.4, 0.5) is 0 Å². The van der Waals surface area contributed by atoms with Crippen molar-refractivity contribution in [2.75, 3.05) is 31.1 Å². The highest BCUT2D eigenvalue weighted by Crippen LogP contribution is 2.21. The maximum atomic E-state index is 12.3. The molecule has 2 rings (SSSR count). The average Bonchev–Trinajstić information content (AvgIpc) is 2.90. The van der Waals surface area contributed by atoms with Crippen molar-refractivity contribution < 1.29 is 14.7 Å². The molecule has 0 bridgehead atoms. The van der Waals surface area contributed by atoms with E-state index in [2.05, 4.69) is 0 Å². The summed E-state index contributed by atoms with van der Waals surface area (Å²) in [6.45, 7) is 4.17. The summed E-state index contributed by atoms with van der Waals surface area (Å²) in [6, 6.07) is -0.838. The van der Waals surface area contributed by atoms with E-state index in [1.807, 2.05) is 16.7 Å². The van der Waals surface area contributed by atoms with Crippen LogP contribution in [0, 0.1) is 0 Å². The Morgan fingerprint density at radius 2 is 1.94 bits per heavy atom. The molecule has 2 unspecified atom stereocenters. The molecule has 2 aliphatic rings. The molecule has 6 heteroatoms. The lowest BCUT2D eigenvalue weighted by molar-refractivity contribution is -0.146. The first-order valence-corrected chi connectivity index (χ1v) is 7.62. The van der Waals surface area contributed by atoms with Crippen LogP contribution in [0.1, 0.15) is 19.8 Å². The van der Waals surface area contributed by atoms with Crippen LogP contribution in [-0.4, -0.2) is 70.0 Å². The van der Waals surface area contributed by atoms with Gasteiger partial charge in [-0.15, -0.1) is 0 Å². The Labute approximate surface area is 112 Å². The van der Waals surface area contributed by atoms with E-state index in [1.165, 1.54) is 0 Å². The minimum absolute atomic E-state index is 0.0886. The van der Waals surface area contributed by atoms with Gasteiger partial charge in [-0.1, -0.05) is 0 Å². The highest BCUT2D eigenvalue weighted by atomic mass is 32.2. The Morgan fingerprint density at radius 1 is 1.28 bits per heavy atom. The van der Waals surface area contributed by atoms with Crippen molar-refractivity contribution >= 4 is 23.6 Å². The second kappa shape index (κ2) is 5.93. The molecule has 1 N–H and O–H groups in total. The van der Waals surface area contributed by atoms with Crippen LogP contribution in [0.3, 0.4) is 0 Å². The predicted octanol–water partition coefficient (Wildman–Crippen LogP) is 0.499. The van der Waals surface area contributed by atoms with Crippen molar-refractivity contribution in [1.29, 1.82) is 0 Å². The molecule has 102 valence electrons. The number of carbonyl (C=O) groups is 2. The third kappa shape index (κ3) is 2.80. The van der Waals surface area contributed by atoms with Gasteiger partial charge in [0.15, 0.2) is 0 Å². The highest BCUT2D eigenvalue weighted by molar-refractivity contribution is 7.99. The van der Waals surface area contributed by atoms with Crippen molar-refractivity contribution in [2.45, 2.75) is 31.8 Å². The SMILES string of the molecule is CC(C(=O)N1CCCC1)N1CCSCC1C(=O)O. The molecule has 2 saturated heterocycles. The smallest absolute Gasteiger partial charge is 0.321 e. The molecular weight excluding hydrogens is 252 g/mol. The quantitative estimate of drug-likeness (QED) is 0.810. The molecule has 0 saturated carbocycles. The van der Waals surface area contributed by atoms with Gasteiger partial charge in [0.2, 0.25) is 5.91 Å². The molecule has 0 spiro atoms. The van der Waals surface area contributed by atoms with Gasteiger partial charge in [-0.2, -0.15) is 11.8 Å². The fraction of sp³-hybridized carbons (Fsp3) is 0.833. The monoisotopic (exact) mass is 272 g/mol. The van der Waals surface area contributed by atoms with Crippen LogP contribution in [0.5, 0.6) is 0 Å². The van der Waals surface area contributed by atoms with E-state index in [0.29, 0.717) is 12.3 Å². The molecule has 18 heavy (non-hydrogen) atoms. The largest absolute Gasteiger partial charge is 0.480 e. The van der Waals surface area contributed by atoms with Gasteiger partial charge in [-0.05, 0) is 19.8 Å². The molecule has 0 aliphatic carbocycles. The first-order chi connectivity index (χ1) is 8.61. The van der Waals surface area contributed by atoms with Gasteiger partial charge in [0.05, 0.1) is 6.04 Å². The first-order valence-electron chi connectivity index (χ1n) is 6.46. The lowest BCUT2D eigenvalue weighted by Gasteiger charge is -2.37. The molecule has 2 atom stereocenters. The molecule has 0 aromatic rings. The topological polar surface area (TPSA) is 60.9 Å². The number of carboxylic acids is 1. The fourth-order valence-electron chi connectivity index (χ4n) is 2.64. The summed E-state index contributed by atoms with van der Waals surface area (Å²) in [6.07, 6.45) is 2.13. The molecular formula is C12H20N2O3S. The lowest BCUT2D eigenvalue weighted by atomic mass is 10.1. The van der Waals surface area contributed by atoms with Gasteiger partial charge < -0.3 is 10.0 Å². The van der Waals surface area contributed by atoms with Gasteiger partial charge >= 0.3 is 5.97 Å². The van der Waals surface area contributed by atoms with Gasteiger partial charge in [0, 0.05) is 31.1 Å². The van der Waals surface area contributed by atoms with E-state index < -0.39 is 12.0 Å². The standard InChI is InChI=1S/C12H20N2O3S/c1-9(11(15)13-4-2-3-5-13)14-6-7-18-8-10(14)12(16)17/h9-10H,2-8H2,1H3,(H,16,17). The number of carbonyl (C=O) groups excluding carboxylic acids is 1. The number of hydrogen-bond donors (Lipinski definition) is 1. The second-order valence-electron chi connectivity index (χ2n) is 4.88. The number of likely N-dealkylation sites (tertiary alicyclic amines) is 1. The molecule has 0 radical (unpaired) electrons.